The van der Waals surface area contributed by atoms with Gasteiger partial charge in [0.05, 0.1) is 19.4 Å². The molecule has 1 aliphatic rings. The normalized spacial score (nSPS) is 16.0. The lowest BCUT2D eigenvalue weighted by molar-refractivity contribution is -0.121. The molecule has 1 amide bonds. The number of amides is 1. The Labute approximate surface area is 147 Å². The molecule has 134 valence electrons. The molecule has 1 N–H and O–H groups in total. The van der Waals surface area contributed by atoms with Crippen LogP contribution in [0.4, 0.5) is 0 Å². The van der Waals surface area contributed by atoms with Crippen LogP contribution in [0, 0.1) is 19.8 Å². The molecule has 1 aromatic heterocycles. The van der Waals surface area contributed by atoms with Crippen molar-refractivity contribution in [2.75, 3.05) is 20.3 Å². The zero-order valence-corrected chi connectivity index (χ0v) is 14.9. The lowest BCUT2D eigenvalue weighted by Crippen LogP contribution is -2.35. The lowest BCUT2D eigenvalue weighted by Gasteiger charge is -2.26. The van der Waals surface area contributed by atoms with Crippen molar-refractivity contribution >= 4 is 5.91 Å². The van der Waals surface area contributed by atoms with E-state index in [9.17, 15) is 4.79 Å². The minimum atomic E-state index is 0.0384. The predicted octanol–water partition coefficient (Wildman–Crippen LogP) is 2.60. The molecule has 1 aliphatic heterocycles. The Morgan fingerprint density at radius 3 is 2.96 bits per heavy atom. The fraction of sp³-hybridized carbons (Fsp3) is 0.474. The van der Waals surface area contributed by atoms with E-state index in [1.54, 1.807) is 7.11 Å². The summed E-state index contributed by atoms with van der Waals surface area (Å²) in [6, 6.07) is 5.91. The van der Waals surface area contributed by atoms with Crippen molar-refractivity contribution < 1.29 is 18.8 Å². The SMILES string of the molecule is COc1cccc2c1OCC(CNC(=O)CCc1c(C)noc1C)C2. The van der Waals surface area contributed by atoms with E-state index < -0.39 is 0 Å². The molecular weight excluding hydrogens is 320 g/mol. The van der Waals surface area contributed by atoms with Crippen LogP contribution in [0.5, 0.6) is 11.5 Å². The number of benzene rings is 1. The Hall–Kier alpha value is -2.50. The summed E-state index contributed by atoms with van der Waals surface area (Å²) in [6.07, 6.45) is 1.95. The highest BCUT2D eigenvalue weighted by molar-refractivity contribution is 5.76. The van der Waals surface area contributed by atoms with Gasteiger partial charge in [-0.25, -0.2) is 0 Å². The summed E-state index contributed by atoms with van der Waals surface area (Å²) in [5.41, 5.74) is 3.01. The van der Waals surface area contributed by atoms with Crippen LogP contribution < -0.4 is 14.8 Å². The molecule has 3 rings (SSSR count). The van der Waals surface area contributed by atoms with Crippen molar-refractivity contribution in [1.29, 1.82) is 0 Å². The highest BCUT2D eigenvalue weighted by Gasteiger charge is 2.23. The van der Waals surface area contributed by atoms with Crippen molar-refractivity contribution in [3.8, 4) is 11.5 Å². The number of rotatable bonds is 6. The molecule has 0 radical (unpaired) electrons. The number of hydrogen-bond donors (Lipinski definition) is 1. The van der Waals surface area contributed by atoms with Crippen molar-refractivity contribution in [2.24, 2.45) is 5.92 Å². The van der Waals surface area contributed by atoms with Gasteiger partial charge in [0.1, 0.15) is 5.76 Å². The maximum Gasteiger partial charge on any atom is 0.220 e. The monoisotopic (exact) mass is 344 g/mol. The summed E-state index contributed by atoms with van der Waals surface area (Å²) in [4.78, 5) is 12.1. The van der Waals surface area contributed by atoms with Crippen LogP contribution in [0.3, 0.4) is 0 Å². The number of para-hydroxylation sites is 1. The third-order valence-corrected chi connectivity index (χ3v) is 4.62. The first kappa shape index (κ1) is 17.3. The van der Waals surface area contributed by atoms with Crippen LogP contribution >= 0.6 is 0 Å². The molecule has 0 saturated carbocycles. The zero-order valence-electron chi connectivity index (χ0n) is 14.9. The van der Waals surface area contributed by atoms with Crippen molar-refractivity contribution in [2.45, 2.75) is 33.1 Å². The summed E-state index contributed by atoms with van der Waals surface area (Å²) in [6.45, 7) is 4.96. The van der Waals surface area contributed by atoms with Crippen LogP contribution in [-0.2, 0) is 17.6 Å². The van der Waals surface area contributed by atoms with E-state index >= 15 is 0 Å². The van der Waals surface area contributed by atoms with E-state index in [-0.39, 0.29) is 11.8 Å². The number of nitrogens with zero attached hydrogens (tertiary/aromatic N) is 1. The van der Waals surface area contributed by atoms with Crippen molar-refractivity contribution in [3.05, 3.63) is 40.8 Å². The summed E-state index contributed by atoms with van der Waals surface area (Å²) >= 11 is 0. The maximum absolute atomic E-state index is 12.1. The number of methoxy groups -OCH3 is 1. The third kappa shape index (κ3) is 3.95. The molecule has 2 heterocycles. The molecule has 1 atom stereocenters. The fourth-order valence-corrected chi connectivity index (χ4v) is 3.19. The van der Waals surface area contributed by atoms with Crippen LogP contribution in [0.25, 0.3) is 0 Å². The highest BCUT2D eigenvalue weighted by Crippen LogP contribution is 2.35. The molecule has 0 bridgehead atoms. The van der Waals surface area contributed by atoms with Crippen molar-refractivity contribution in [3.63, 3.8) is 0 Å². The second kappa shape index (κ2) is 7.59. The topological polar surface area (TPSA) is 73.6 Å². The second-order valence-corrected chi connectivity index (χ2v) is 6.44. The van der Waals surface area contributed by atoms with E-state index in [0.29, 0.717) is 26.0 Å². The van der Waals surface area contributed by atoms with Gasteiger partial charge in [-0.3, -0.25) is 4.79 Å². The van der Waals surface area contributed by atoms with E-state index in [4.69, 9.17) is 14.0 Å². The summed E-state index contributed by atoms with van der Waals surface area (Å²) in [5, 5.41) is 6.93. The number of hydrogen-bond acceptors (Lipinski definition) is 5. The standard InChI is InChI=1S/C19H24N2O4/c1-12-16(13(2)25-21-12)7-8-18(22)20-10-14-9-15-5-4-6-17(23-3)19(15)24-11-14/h4-6,14H,7-11H2,1-3H3,(H,20,22). The van der Waals surface area contributed by atoms with Gasteiger partial charge in [-0.05, 0) is 38.3 Å². The number of carbonyl (C=O) groups is 1. The Balaban J connectivity index is 1.48. The average molecular weight is 344 g/mol. The molecule has 0 fully saturated rings. The molecular formula is C19H24N2O4. The molecule has 0 spiro atoms. The van der Waals surface area contributed by atoms with Gasteiger partial charge >= 0.3 is 0 Å². The first-order valence-corrected chi connectivity index (χ1v) is 8.55. The van der Waals surface area contributed by atoms with Gasteiger partial charge in [0.15, 0.2) is 11.5 Å². The Kier molecular flexibility index (Phi) is 5.26. The number of aryl methyl sites for hydroxylation is 2. The molecule has 0 saturated heterocycles. The molecule has 2 aromatic rings. The lowest BCUT2D eigenvalue weighted by atomic mass is 9.96. The average Bonchev–Trinajstić information content (AvgIpc) is 2.95. The van der Waals surface area contributed by atoms with Gasteiger partial charge in [0, 0.05) is 24.4 Å². The maximum atomic E-state index is 12.1. The number of aromatic nitrogens is 1. The molecule has 0 aliphatic carbocycles. The zero-order chi connectivity index (χ0) is 17.8. The predicted molar refractivity (Wildman–Crippen MR) is 93.0 cm³/mol. The Morgan fingerprint density at radius 1 is 1.40 bits per heavy atom. The van der Waals surface area contributed by atoms with Gasteiger partial charge < -0.3 is 19.3 Å². The van der Waals surface area contributed by atoms with E-state index in [1.165, 1.54) is 0 Å². The van der Waals surface area contributed by atoms with E-state index in [0.717, 1.165) is 40.5 Å². The van der Waals surface area contributed by atoms with Crippen LogP contribution in [0.2, 0.25) is 0 Å². The first-order chi connectivity index (χ1) is 12.1. The van der Waals surface area contributed by atoms with E-state index in [2.05, 4.69) is 10.5 Å². The molecule has 1 unspecified atom stereocenters. The quantitative estimate of drug-likeness (QED) is 0.872. The third-order valence-electron chi connectivity index (χ3n) is 4.62. The van der Waals surface area contributed by atoms with E-state index in [1.807, 2.05) is 32.0 Å². The minimum Gasteiger partial charge on any atom is -0.493 e. The van der Waals surface area contributed by atoms with Crippen molar-refractivity contribution in [1.82, 2.24) is 10.5 Å². The Morgan fingerprint density at radius 2 is 2.24 bits per heavy atom. The Bertz CT molecular complexity index is 734. The minimum absolute atomic E-state index is 0.0384. The van der Waals surface area contributed by atoms with Gasteiger partial charge in [0.25, 0.3) is 0 Å². The van der Waals surface area contributed by atoms with Crippen LogP contribution in [0.15, 0.2) is 22.7 Å². The molecule has 1 aromatic carbocycles. The summed E-state index contributed by atoms with van der Waals surface area (Å²) in [7, 11) is 1.64. The number of carbonyl (C=O) groups excluding carboxylic acids is 1. The summed E-state index contributed by atoms with van der Waals surface area (Å²) < 4.78 is 16.3. The molecule has 25 heavy (non-hydrogen) atoms. The van der Waals surface area contributed by atoms with Crippen LogP contribution in [0.1, 0.15) is 29.0 Å². The summed E-state index contributed by atoms with van der Waals surface area (Å²) in [5.74, 6) is 2.68. The number of ether oxygens (including phenoxy) is 2. The van der Waals surface area contributed by atoms with Gasteiger partial charge in [-0.2, -0.15) is 0 Å². The second-order valence-electron chi connectivity index (χ2n) is 6.44. The highest BCUT2D eigenvalue weighted by atomic mass is 16.5. The van der Waals surface area contributed by atoms with Gasteiger partial charge in [-0.15, -0.1) is 0 Å². The van der Waals surface area contributed by atoms with Crippen LogP contribution in [-0.4, -0.2) is 31.3 Å². The number of nitrogens with one attached hydrogen (secondary N) is 1. The van der Waals surface area contributed by atoms with Gasteiger partial charge in [0.2, 0.25) is 5.91 Å². The largest absolute Gasteiger partial charge is 0.493 e. The smallest absolute Gasteiger partial charge is 0.220 e. The molecule has 6 nitrogen and oxygen atoms in total. The number of fused-ring (bicyclic) bond motifs is 1. The first-order valence-electron chi connectivity index (χ1n) is 8.55. The molecule has 6 heteroatoms. The van der Waals surface area contributed by atoms with Gasteiger partial charge in [-0.1, -0.05) is 17.3 Å². The fourth-order valence-electron chi connectivity index (χ4n) is 3.19.